The number of aromatic amines is 1. The largest absolute Gasteiger partial charge is 0.310 e. The van der Waals surface area contributed by atoms with E-state index in [4.69, 9.17) is 0 Å². The van der Waals surface area contributed by atoms with E-state index < -0.39 is 0 Å². The summed E-state index contributed by atoms with van der Waals surface area (Å²) in [4.78, 5) is 23.5. The molecule has 20 heavy (non-hydrogen) atoms. The van der Waals surface area contributed by atoms with Crippen LogP contribution in [-0.2, 0) is 6.42 Å². The van der Waals surface area contributed by atoms with Gasteiger partial charge < -0.3 is 10.3 Å². The number of H-pyrrole nitrogens is 1. The lowest BCUT2D eigenvalue weighted by atomic mass is 10.1. The maximum atomic E-state index is 12.0. The Hall–Kier alpha value is -1.53. The summed E-state index contributed by atoms with van der Waals surface area (Å²) in [5.41, 5.74) is 2.54. The minimum Gasteiger partial charge on any atom is -0.310 e. The zero-order chi connectivity index (χ0) is 14.7. The minimum atomic E-state index is -0.0560. The summed E-state index contributed by atoms with van der Waals surface area (Å²) in [7, 11) is 0. The van der Waals surface area contributed by atoms with Gasteiger partial charge in [0.1, 0.15) is 5.82 Å². The maximum Gasteiger partial charge on any atom is 0.255 e. The molecule has 0 radical (unpaired) electrons. The number of aryl methyl sites for hydroxylation is 3. The Morgan fingerprint density at radius 3 is 2.70 bits per heavy atom. The third-order valence-corrected chi connectivity index (χ3v) is 4.02. The van der Waals surface area contributed by atoms with Crippen LogP contribution in [0, 0.1) is 20.8 Å². The van der Waals surface area contributed by atoms with E-state index in [-0.39, 0.29) is 11.6 Å². The first-order valence-corrected chi connectivity index (χ1v) is 7.57. The third-order valence-electron chi connectivity index (χ3n) is 3.20. The Morgan fingerprint density at radius 1 is 1.35 bits per heavy atom. The van der Waals surface area contributed by atoms with Crippen molar-refractivity contribution in [3.05, 3.63) is 43.5 Å². The molecule has 1 unspecified atom stereocenters. The predicted octanol–water partition coefficient (Wildman–Crippen LogP) is 2.04. The first-order valence-electron chi connectivity index (χ1n) is 6.69. The molecule has 6 heteroatoms. The number of aromatic nitrogens is 3. The molecule has 2 N–H and O–H groups in total. The van der Waals surface area contributed by atoms with Crippen LogP contribution in [0.5, 0.6) is 0 Å². The first kappa shape index (κ1) is 14.9. The maximum absolute atomic E-state index is 12.0. The molecule has 2 aromatic heterocycles. The Morgan fingerprint density at radius 2 is 2.10 bits per heavy atom. The second-order valence-electron chi connectivity index (χ2n) is 4.93. The highest BCUT2D eigenvalue weighted by atomic mass is 32.1. The highest BCUT2D eigenvalue weighted by Gasteiger charge is 2.14. The predicted molar refractivity (Wildman–Crippen MR) is 81.3 cm³/mol. The molecule has 0 aliphatic carbocycles. The molecule has 0 saturated carbocycles. The van der Waals surface area contributed by atoms with Crippen molar-refractivity contribution in [3.8, 4) is 0 Å². The van der Waals surface area contributed by atoms with Crippen molar-refractivity contribution in [1.82, 2.24) is 20.3 Å². The van der Waals surface area contributed by atoms with Crippen LogP contribution in [0.15, 0.2) is 10.2 Å². The lowest BCUT2D eigenvalue weighted by Crippen LogP contribution is -2.29. The Labute approximate surface area is 122 Å². The molecule has 0 bridgehead atoms. The molecule has 0 aliphatic rings. The van der Waals surface area contributed by atoms with Crippen molar-refractivity contribution in [1.29, 1.82) is 0 Å². The highest BCUT2D eigenvalue weighted by molar-refractivity contribution is 7.09. The van der Waals surface area contributed by atoms with Crippen molar-refractivity contribution in [2.45, 2.75) is 40.2 Å². The van der Waals surface area contributed by atoms with Gasteiger partial charge in [0.15, 0.2) is 0 Å². The quantitative estimate of drug-likeness (QED) is 0.885. The van der Waals surface area contributed by atoms with Crippen LogP contribution in [-0.4, -0.2) is 21.5 Å². The van der Waals surface area contributed by atoms with Gasteiger partial charge >= 0.3 is 0 Å². The van der Waals surface area contributed by atoms with E-state index >= 15 is 0 Å². The molecule has 0 fully saturated rings. The van der Waals surface area contributed by atoms with Crippen molar-refractivity contribution in [2.24, 2.45) is 0 Å². The van der Waals surface area contributed by atoms with Gasteiger partial charge in [-0.15, -0.1) is 11.3 Å². The van der Waals surface area contributed by atoms with E-state index in [1.165, 1.54) is 0 Å². The lowest BCUT2D eigenvalue weighted by Gasteiger charge is -2.15. The molecule has 0 spiro atoms. The summed E-state index contributed by atoms with van der Waals surface area (Å²) in [5.74, 6) is 0.654. The molecule has 2 rings (SSSR count). The molecular formula is C14H20N4OS. The van der Waals surface area contributed by atoms with Crippen LogP contribution in [0.1, 0.15) is 40.7 Å². The summed E-state index contributed by atoms with van der Waals surface area (Å²) in [6, 6.07) is -0.0217. The van der Waals surface area contributed by atoms with E-state index in [2.05, 4.69) is 25.6 Å². The number of hydrogen-bond acceptors (Lipinski definition) is 5. The average Bonchev–Trinajstić information content (AvgIpc) is 2.73. The fraction of sp³-hybridized carbons (Fsp3) is 0.500. The Kier molecular flexibility index (Phi) is 4.67. The van der Waals surface area contributed by atoms with Gasteiger partial charge in [-0.3, -0.25) is 4.79 Å². The topological polar surface area (TPSA) is 70.7 Å². The molecular weight excluding hydrogens is 272 g/mol. The average molecular weight is 292 g/mol. The number of nitrogens with one attached hydrogen (secondary N) is 2. The molecule has 0 amide bonds. The van der Waals surface area contributed by atoms with Crippen LogP contribution in [0.25, 0.3) is 0 Å². The summed E-state index contributed by atoms with van der Waals surface area (Å²) in [6.07, 6.45) is 0.866. The molecule has 0 saturated heterocycles. The van der Waals surface area contributed by atoms with Gasteiger partial charge in [-0.05, 0) is 27.7 Å². The summed E-state index contributed by atoms with van der Waals surface area (Å²) in [5, 5.41) is 6.53. The van der Waals surface area contributed by atoms with Crippen molar-refractivity contribution >= 4 is 11.3 Å². The normalized spacial score (nSPS) is 12.6. The molecule has 5 nitrogen and oxygen atoms in total. The molecule has 2 aromatic rings. The van der Waals surface area contributed by atoms with Crippen LogP contribution in [0.3, 0.4) is 0 Å². The number of hydrogen-bond donors (Lipinski definition) is 2. The van der Waals surface area contributed by atoms with E-state index in [0.717, 1.165) is 29.4 Å². The smallest absolute Gasteiger partial charge is 0.255 e. The van der Waals surface area contributed by atoms with Crippen molar-refractivity contribution in [3.63, 3.8) is 0 Å². The Balaban J connectivity index is 1.98. The van der Waals surface area contributed by atoms with Gasteiger partial charge in [-0.2, -0.15) is 0 Å². The molecule has 0 aromatic carbocycles. The zero-order valence-electron chi connectivity index (χ0n) is 12.3. The number of rotatable bonds is 5. The number of nitrogens with zero attached hydrogens (tertiary/aromatic N) is 2. The van der Waals surface area contributed by atoms with E-state index in [9.17, 15) is 4.79 Å². The van der Waals surface area contributed by atoms with Crippen molar-refractivity contribution < 1.29 is 0 Å². The highest BCUT2D eigenvalue weighted by Crippen LogP contribution is 2.12. The van der Waals surface area contributed by atoms with E-state index in [1.807, 2.05) is 20.8 Å². The van der Waals surface area contributed by atoms with Gasteiger partial charge in [0.05, 0.1) is 16.3 Å². The second-order valence-corrected chi connectivity index (χ2v) is 6.00. The van der Waals surface area contributed by atoms with E-state index in [0.29, 0.717) is 11.4 Å². The molecule has 0 aliphatic heterocycles. The second kappa shape index (κ2) is 6.28. The van der Waals surface area contributed by atoms with Gasteiger partial charge in [0.2, 0.25) is 0 Å². The standard InChI is InChI=1S/C14H20N4OS/c1-8(13-9(2)16-10(3)17-14(13)19)15-6-5-12-7-20-11(4)18-12/h7-8,15H,5-6H2,1-4H3,(H,16,17,19). The Bertz CT molecular complexity index is 647. The number of thiazole rings is 1. The summed E-state index contributed by atoms with van der Waals surface area (Å²) >= 11 is 1.66. The zero-order valence-corrected chi connectivity index (χ0v) is 13.1. The molecule has 2 heterocycles. The van der Waals surface area contributed by atoms with Crippen LogP contribution in [0.2, 0.25) is 0 Å². The van der Waals surface area contributed by atoms with Gasteiger partial charge in [0, 0.05) is 30.1 Å². The first-order chi connectivity index (χ1) is 9.47. The fourth-order valence-corrected chi connectivity index (χ4v) is 2.93. The third kappa shape index (κ3) is 3.52. The van der Waals surface area contributed by atoms with Gasteiger partial charge in [0.25, 0.3) is 5.56 Å². The molecule has 108 valence electrons. The summed E-state index contributed by atoms with van der Waals surface area (Å²) in [6.45, 7) is 8.45. The monoisotopic (exact) mass is 292 g/mol. The fourth-order valence-electron chi connectivity index (χ4n) is 2.29. The lowest BCUT2D eigenvalue weighted by molar-refractivity contribution is 0.563. The van der Waals surface area contributed by atoms with Crippen LogP contribution < -0.4 is 10.9 Å². The SMILES string of the molecule is Cc1nc(C)c(C(C)NCCc2csc(C)n2)c(=O)[nH]1. The molecule has 1 atom stereocenters. The van der Waals surface area contributed by atoms with Gasteiger partial charge in [-0.25, -0.2) is 9.97 Å². The van der Waals surface area contributed by atoms with Crippen molar-refractivity contribution in [2.75, 3.05) is 6.54 Å². The summed E-state index contributed by atoms with van der Waals surface area (Å²) < 4.78 is 0. The van der Waals surface area contributed by atoms with Gasteiger partial charge in [-0.1, -0.05) is 0 Å². The minimum absolute atomic E-state index is 0.0217. The van der Waals surface area contributed by atoms with E-state index in [1.54, 1.807) is 18.3 Å². The van der Waals surface area contributed by atoms with Crippen LogP contribution >= 0.6 is 11.3 Å². The van der Waals surface area contributed by atoms with Crippen LogP contribution in [0.4, 0.5) is 0 Å².